The lowest BCUT2D eigenvalue weighted by molar-refractivity contribution is 0.116. The maximum absolute atomic E-state index is 9.32. The number of aliphatic hydroxyl groups excluding tert-OH is 1. The van der Waals surface area contributed by atoms with Crippen molar-refractivity contribution < 1.29 is 9.84 Å². The maximum Gasteiger partial charge on any atom is 0.144 e. The summed E-state index contributed by atoms with van der Waals surface area (Å²) in [7, 11) is 0. The Kier molecular flexibility index (Phi) is 3.67. The highest BCUT2D eigenvalue weighted by atomic mass is 16.5. The third kappa shape index (κ3) is 2.90. The van der Waals surface area contributed by atoms with Gasteiger partial charge in [-0.2, -0.15) is 0 Å². The van der Waals surface area contributed by atoms with E-state index in [0.717, 1.165) is 10.9 Å². The second-order valence-electron chi connectivity index (χ2n) is 4.60. The third-order valence-electron chi connectivity index (χ3n) is 2.74. The summed E-state index contributed by atoms with van der Waals surface area (Å²) in [5.41, 5.74) is 7.39. The van der Waals surface area contributed by atoms with Gasteiger partial charge in [0.05, 0.1) is 23.4 Å². The lowest BCUT2D eigenvalue weighted by Gasteiger charge is -2.17. The first kappa shape index (κ1) is 12.6. The van der Waals surface area contributed by atoms with E-state index in [-0.39, 0.29) is 12.2 Å². The van der Waals surface area contributed by atoms with Gasteiger partial charge in [0.15, 0.2) is 0 Å². The first-order valence-corrected chi connectivity index (χ1v) is 6.05. The molecule has 2 aromatic rings. The van der Waals surface area contributed by atoms with Gasteiger partial charge in [0.2, 0.25) is 0 Å². The number of fused-ring (bicyclic) bond motifs is 1. The van der Waals surface area contributed by atoms with E-state index in [1.165, 1.54) is 0 Å². The fourth-order valence-corrected chi connectivity index (χ4v) is 1.97. The van der Waals surface area contributed by atoms with E-state index in [1.807, 2.05) is 31.2 Å². The highest BCUT2D eigenvalue weighted by Crippen LogP contribution is 2.28. The zero-order chi connectivity index (χ0) is 13.1. The third-order valence-corrected chi connectivity index (χ3v) is 2.74. The first-order valence-electron chi connectivity index (χ1n) is 6.05. The van der Waals surface area contributed by atoms with Crippen LogP contribution in [-0.4, -0.2) is 22.3 Å². The van der Waals surface area contributed by atoms with Gasteiger partial charge in [0.1, 0.15) is 5.75 Å². The summed E-state index contributed by atoms with van der Waals surface area (Å²) in [6.45, 7) is 3.65. The Labute approximate surface area is 106 Å². The quantitative estimate of drug-likeness (QED) is 0.812. The molecule has 0 saturated carbocycles. The minimum atomic E-state index is -0.389. The molecule has 1 heterocycles. The molecule has 0 fully saturated rings. The van der Waals surface area contributed by atoms with E-state index in [2.05, 4.69) is 4.98 Å². The molecular weight excluding hydrogens is 228 g/mol. The zero-order valence-corrected chi connectivity index (χ0v) is 10.6. The fourth-order valence-electron chi connectivity index (χ4n) is 1.97. The van der Waals surface area contributed by atoms with Gasteiger partial charge in [-0.15, -0.1) is 0 Å². The highest BCUT2D eigenvalue weighted by Gasteiger charge is 2.11. The molecule has 0 aliphatic heterocycles. The molecule has 0 radical (unpaired) electrons. The van der Waals surface area contributed by atoms with E-state index >= 15 is 0 Å². The number of nitrogens with two attached hydrogens (primary N) is 1. The summed E-state index contributed by atoms with van der Waals surface area (Å²) in [6.07, 6.45) is 1.83. The molecule has 3 N–H and O–H groups in total. The molecule has 0 aliphatic carbocycles. The SMILES string of the molecule is CC(O)CC(C)Oc1cc2ncccc2cc1N. The van der Waals surface area contributed by atoms with Crippen molar-refractivity contribution in [2.75, 3.05) is 5.73 Å². The number of benzene rings is 1. The average molecular weight is 246 g/mol. The molecule has 18 heavy (non-hydrogen) atoms. The number of aliphatic hydroxyl groups is 1. The number of pyridine rings is 1. The van der Waals surface area contributed by atoms with Crippen molar-refractivity contribution in [2.24, 2.45) is 0 Å². The van der Waals surface area contributed by atoms with Gasteiger partial charge in [-0.25, -0.2) is 0 Å². The molecule has 1 aromatic heterocycles. The van der Waals surface area contributed by atoms with Crippen LogP contribution in [0.3, 0.4) is 0 Å². The van der Waals surface area contributed by atoms with Gasteiger partial charge in [0.25, 0.3) is 0 Å². The number of nitrogen functional groups attached to an aromatic ring is 1. The number of rotatable bonds is 4. The van der Waals surface area contributed by atoms with Crippen LogP contribution in [0.25, 0.3) is 10.9 Å². The van der Waals surface area contributed by atoms with Gasteiger partial charge in [-0.3, -0.25) is 4.98 Å². The number of hydrogen-bond donors (Lipinski definition) is 2. The van der Waals surface area contributed by atoms with Crippen LogP contribution < -0.4 is 10.5 Å². The van der Waals surface area contributed by atoms with Crippen molar-refractivity contribution in [1.82, 2.24) is 4.98 Å². The molecule has 4 heteroatoms. The molecule has 0 bridgehead atoms. The maximum atomic E-state index is 9.32. The van der Waals surface area contributed by atoms with Gasteiger partial charge < -0.3 is 15.6 Å². The summed E-state index contributed by atoms with van der Waals surface area (Å²) in [5, 5.41) is 10.3. The minimum absolute atomic E-state index is 0.0894. The molecule has 2 atom stereocenters. The second-order valence-corrected chi connectivity index (χ2v) is 4.60. The van der Waals surface area contributed by atoms with E-state index in [4.69, 9.17) is 10.5 Å². The number of aromatic nitrogens is 1. The molecule has 0 amide bonds. The molecule has 2 unspecified atom stereocenters. The standard InChI is InChI=1S/C14H18N2O2/c1-9(17)6-10(2)18-14-8-13-11(7-12(14)15)4-3-5-16-13/h3-5,7-10,17H,6,15H2,1-2H3. The lowest BCUT2D eigenvalue weighted by atomic mass is 10.1. The minimum Gasteiger partial charge on any atom is -0.488 e. The second kappa shape index (κ2) is 5.23. The number of ether oxygens (including phenoxy) is 1. The van der Waals surface area contributed by atoms with Crippen LogP contribution in [0.1, 0.15) is 20.3 Å². The van der Waals surface area contributed by atoms with Crippen LogP contribution in [0.4, 0.5) is 5.69 Å². The van der Waals surface area contributed by atoms with Gasteiger partial charge in [0, 0.05) is 24.1 Å². The highest BCUT2D eigenvalue weighted by molar-refractivity contribution is 5.84. The van der Waals surface area contributed by atoms with Crippen molar-refractivity contribution in [3.05, 3.63) is 30.5 Å². The largest absolute Gasteiger partial charge is 0.488 e. The van der Waals surface area contributed by atoms with Crippen LogP contribution in [-0.2, 0) is 0 Å². The van der Waals surface area contributed by atoms with Gasteiger partial charge in [-0.1, -0.05) is 6.07 Å². The topological polar surface area (TPSA) is 68.4 Å². The van der Waals surface area contributed by atoms with E-state index in [1.54, 1.807) is 13.1 Å². The Morgan fingerprint density at radius 2 is 2.17 bits per heavy atom. The van der Waals surface area contributed by atoms with Crippen LogP contribution in [0.2, 0.25) is 0 Å². The zero-order valence-electron chi connectivity index (χ0n) is 10.6. The van der Waals surface area contributed by atoms with E-state index in [0.29, 0.717) is 17.9 Å². The molecule has 0 aliphatic rings. The van der Waals surface area contributed by atoms with Crippen molar-refractivity contribution in [2.45, 2.75) is 32.5 Å². The van der Waals surface area contributed by atoms with Crippen LogP contribution >= 0.6 is 0 Å². The monoisotopic (exact) mass is 246 g/mol. The lowest BCUT2D eigenvalue weighted by Crippen LogP contribution is -2.18. The molecule has 96 valence electrons. The van der Waals surface area contributed by atoms with Crippen LogP contribution in [0.15, 0.2) is 30.5 Å². The molecule has 4 nitrogen and oxygen atoms in total. The molecule has 2 rings (SSSR count). The van der Waals surface area contributed by atoms with Gasteiger partial charge in [-0.05, 0) is 26.0 Å². The smallest absolute Gasteiger partial charge is 0.144 e. The summed E-state index contributed by atoms with van der Waals surface area (Å²) in [4.78, 5) is 4.27. The number of hydrogen-bond acceptors (Lipinski definition) is 4. The summed E-state index contributed by atoms with van der Waals surface area (Å²) in [6, 6.07) is 7.52. The predicted octanol–water partition coefficient (Wildman–Crippen LogP) is 2.36. The Hall–Kier alpha value is -1.81. The van der Waals surface area contributed by atoms with E-state index < -0.39 is 0 Å². The van der Waals surface area contributed by atoms with E-state index in [9.17, 15) is 5.11 Å². The van der Waals surface area contributed by atoms with Crippen molar-refractivity contribution in [3.8, 4) is 5.75 Å². The fraction of sp³-hybridized carbons (Fsp3) is 0.357. The summed E-state index contributed by atoms with van der Waals surface area (Å²) < 4.78 is 5.74. The molecule has 0 spiro atoms. The predicted molar refractivity (Wildman–Crippen MR) is 72.5 cm³/mol. The van der Waals surface area contributed by atoms with Crippen molar-refractivity contribution in [3.63, 3.8) is 0 Å². The average Bonchev–Trinajstić information content (AvgIpc) is 2.29. The Balaban J connectivity index is 2.25. The Morgan fingerprint density at radius 1 is 1.39 bits per heavy atom. The first-order chi connectivity index (χ1) is 8.56. The number of nitrogens with zero attached hydrogens (tertiary/aromatic N) is 1. The van der Waals surface area contributed by atoms with Gasteiger partial charge >= 0.3 is 0 Å². The summed E-state index contributed by atoms with van der Waals surface area (Å²) in [5.74, 6) is 0.620. The Morgan fingerprint density at radius 3 is 2.89 bits per heavy atom. The van der Waals surface area contributed by atoms with Crippen molar-refractivity contribution >= 4 is 16.6 Å². The van der Waals surface area contributed by atoms with Crippen molar-refractivity contribution in [1.29, 1.82) is 0 Å². The number of anilines is 1. The molecule has 1 aromatic carbocycles. The molecular formula is C14H18N2O2. The summed E-state index contributed by atoms with van der Waals surface area (Å²) >= 11 is 0. The van der Waals surface area contributed by atoms with Crippen LogP contribution in [0, 0.1) is 0 Å². The Bertz CT molecular complexity index is 540. The normalized spacial score (nSPS) is 14.4. The van der Waals surface area contributed by atoms with Crippen LogP contribution in [0.5, 0.6) is 5.75 Å². The molecule has 0 saturated heterocycles.